The Balaban J connectivity index is 1.83. The number of alkyl halides is 1. The quantitative estimate of drug-likeness (QED) is 0.470. The Morgan fingerprint density at radius 2 is 1.79 bits per heavy atom. The van der Waals surface area contributed by atoms with Crippen molar-refractivity contribution in [3.63, 3.8) is 0 Å². The molecule has 7 atom stereocenters. The molecule has 0 heterocycles. The van der Waals surface area contributed by atoms with Crippen LogP contribution < -0.4 is 0 Å². The van der Waals surface area contributed by atoms with E-state index in [1.165, 1.54) is 26.0 Å². The van der Waals surface area contributed by atoms with Gasteiger partial charge in [0.25, 0.3) is 0 Å². The first-order valence-corrected chi connectivity index (χ1v) is 11.5. The molecule has 0 aromatic rings. The van der Waals surface area contributed by atoms with Crippen LogP contribution in [0.5, 0.6) is 0 Å². The molecule has 4 rings (SSSR count). The fourth-order valence-corrected chi connectivity index (χ4v) is 7.19. The number of allylic oxidation sites excluding steroid dienone is 5. The van der Waals surface area contributed by atoms with Crippen molar-refractivity contribution in [3.05, 3.63) is 36.0 Å². The number of Topliss-reactive ketones (excluding diaryl/α,β-unsaturated/α-hetero) is 1. The van der Waals surface area contributed by atoms with Gasteiger partial charge in [-0.2, -0.15) is 0 Å². The van der Waals surface area contributed by atoms with E-state index in [-0.39, 0.29) is 11.7 Å². The lowest BCUT2D eigenvalue weighted by molar-refractivity contribution is -0.187. The summed E-state index contributed by atoms with van der Waals surface area (Å²) in [7, 11) is 0. The van der Waals surface area contributed by atoms with E-state index >= 15 is 4.39 Å². The molecule has 4 aliphatic rings. The Kier molecular flexibility index (Phi) is 5.34. The molecular weight excluding hydrogens is 427 g/mol. The molecule has 0 aromatic heterocycles. The van der Waals surface area contributed by atoms with Crippen LogP contribution in [0.3, 0.4) is 0 Å². The van der Waals surface area contributed by atoms with Gasteiger partial charge in [0.1, 0.15) is 5.67 Å². The molecule has 178 valence electrons. The van der Waals surface area contributed by atoms with E-state index in [0.29, 0.717) is 19.3 Å². The van der Waals surface area contributed by atoms with Crippen LogP contribution in [0.25, 0.3) is 0 Å². The molecule has 7 heteroatoms. The van der Waals surface area contributed by atoms with Crippen LogP contribution in [-0.2, 0) is 28.7 Å². The van der Waals surface area contributed by atoms with E-state index in [1.807, 2.05) is 20.8 Å². The predicted molar refractivity (Wildman–Crippen MR) is 118 cm³/mol. The number of fused-ring (bicyclic) bond motifs is 5. The van der Waals surface area contributed by atoms with Crippen molar-refractivity contribution >= 4 is 23.5 Å². The van der Waals surface area contributed by atoms with Gasteiger partial charge in [0, 0.05) is 36.5 Å². The number of ketones is 2. The third-order valence-electron chi connectivity index (χ3n) is 8.78. The minimum absolute atomic E-state index is 0.131. The predicted octanol–water partition coefficient (Wildman–Crippen LogP) is 3.84. The van der Waals surface area contributed by atoms with Crippen LogP contribution in [0.15, 0.2) is 36.0 Å². The van der Waals surface area contributed by atoms with Crippen LogP contribution in [-0.4, -0.2) is 41.4 Å². The Morgan fingerprint density at radius 1 is 1.09 bits per heavy atom. The largest absolute Gasteiger partial charge is 0.458 e. The van der Waals surface area contributed by atoms with Gasteiger partial charge in [0.2, 0.25) is 5.78 Å². The number of hydrogen-bond donors (Lipinski definition) is 0. The van der Waals surface area contributed by atoms with Gasteiger partial charge in [-0.1, -0.05) is 31.6 Å². The molecule has 0 spiro atoms. The molecule has 0 N–H and O–H groups in total. The van der Waals surface area contributed by atoms with Crippen LogP contribution in [0.1, 0.15) is 53.9 Å². The normalized spacial score (nSPS) is 43.2. The number of esters is 2. The molecule has 0 saturated heterocycles. The smallest absolute Gasteiger partial charge is 0.303 e. The number of carbonyl (C=O) groups is 4. The summed E-state index contributed by atoms with van der Waals surface area (Å²) >= 11 is 0. The van der Waals surface area contributed by atoms with Crippen molar-refractivity contribution in [2.45, 2.75) is 65.2 Å². The summed E-state index contributed by atoms with van der Waals surface area (Å²) in [4.78, 5) is 49.0. The molecule has 2 fully saturated rings. The number of halogens is 1. The summed E-state index contributed by atoms with van der Waals surface area (Å²) in [5.74, 6) is -2.96. The van der Waals surface area contributed by atoms with Gasteiger partial charge < -0.3 is 9.47 Å². The molecule has 2 saturated carbocycles. The molecule has 0 aromatic carbocycles. The first kappa shape index (κ1) is 23.6. The maximum atomic E-state index is 17.0. The van der Waals surface area contributed by atoms with E-state index in [4.69, 9.17) is 9.47 Å². The summed E-state index contributed by atoms with van der Waals surface area (Å²) in [6.07, 6.45) is 9.45. The molecule has 0 bridgehead atoms. The Morgan fingerprint density at radius 3 is 2.42 bits per heavy atom. The first-order chi connectivity index (χ1) is 15.3. The highest BCUT2D eigenvalue weighted by atomic mass is 19.1. The first-order valence-electron chi connectivity index (χ1n) is 11.5. The van der Waals surface area contributed by atoms with Gasteiger partial charge >= 0.3 is 11.9 Å². The average Bonchev–Trinajstić information content (AvgIpc) is 2.95. The van der Waals surface area contributed by atoms with E-state index in [0.717, 1.165) is 5.57 Å². The Hall–Kier alpha value is -2.57. The van der Waals surface area contributed by atoms with Gasteiger partial charge in [0.05, 0.1) is 0 Å². The number of rotatable bonds is 4. The van der Waals surface area contributed by atoms with Crippen LogP contribution >= 0.6 is 0 Å². The van der Waals surface area contributed by atoms with E-state index in [1.54, 1.807) is 18.2 Å². The molecule has 0 unspecified atom stereocenters. The summed E-state index contributed by atoms with van der Waals surface area (Å²) in [5.41, 5.74) is -4.46. The third-order valence-corrected chi connectivity index (χ3v) is 8.78. The topological polar surface area (TPSA) is 86.7 Å². The van der Waals surface area contributed by atoms with Gasteiger partial charge in [-0.3, -0.25) is 19.2 Å². The zero-order valence-corrected chi connectivity index (χ0v) is 19.8. The van der Waals surface area contributed by atoms with Crippen molar-refractivity contribution in [3.8, 4) is 0 Å². The molecule has 0 amide bonds. The van der Waals surface area contributed by atoms with E-state index in [9.17, 15) is 19.2 Å². The lowest BCUT2D eigenvalue weighted by atomic mass is 9.48. The highest BCUT2D eigenvalue weighted by Crippen LogP contribution is 2.69. The summed E-state index contributed by atoms with van der Waals surface area (Å²) in [6.45, 7) is 7.46. The highest BCUT2D eigenvalue weighted by molar-refractivity contribution is 6.01. The molecule has 0 aliphatic heterocycles. The van der Waals surface area contributed by atoms with Crippen LogP contribution in [0.2, 0.25) is 0 Å². The summed E-state index contributed by atoms with van der Waals surface area (Å²) in [5, 5.41) is 0. The zero-order valence-electron chi connectivity index (χ0n) is 19.8. The lowest BCUT2D eigenvalue weighted by Crippen LogP contribution is -2.63. The number of hydrogen-bond acceptors (Lipinski definition) is 6. The minimum Gasteiger partial charge on any atom is -0.458 e. The monoisotopic (exact) mass is 458 g/mol. The van der Waals surface area contributed by atoms with Crippen molar-refractivity contribution in [1.29, 1.82) is 0 Å². The second-order valence-corrected chi connectivity index (χ2v) is 10.4. The van der Waals surface area contributed by atoms with Crippen molar-refractivity contribution in [2.75, 3.05) is 6.61 Å². The standard InChI is InChI=1S/C26H31FO6/c1-15-12-21-20-7-6-18-13-19(30)8-9-23(18,4)25(20,27)11-10-24(21,5)26(15,33-17(3)29)22(31)14-32-16(2)28/h8-11,13,15,20-21H,6-7,12,14H2,1-5H3/t15-,20-,21-,23-,24-,25+,26-/m0/s1. The number of ether oxygens (including phenoxy) is 2. The SMILES string of the molecule is CC(=O)OCC(=O)[C@@]1(OC(C)=O)[C@@H](C)C[C@H]2[C@@H]3CCC4=CC(=O)C=C[C@]4(C)[C@@]3(F)C=C[C@@]21C. The van der Waals surface area contributed by atoms with Crippen LogP contribution in [0, 0.1) is 28.6 Å². The molecule has 0 radical (unpaired) electrons. The summed E-state index contributed by atoms with van der Waals surface area (Å²) < 4.78 is 27.8. The summed E-state index contributed by atoms with van der Waals surface area (Å²) in [6, 6.07) is 0. The third kappa shape index (κ3) is 3.03. The molecule has 4 aliphatic carbocycles. The van der Waals surface area contributed by atoms with Crippen molar-refractivity contribution in [1.82, 2.24) is 0 Å². The van der Waals surface area contributed by atoms with Crippen LogP contribution in [0.4, 0.5) is 4.39 Å². The van der Waals surface area contributed by atoms with E-state index in [2.05, 4.69) is 0 Å². The van der Waals surface area contributed by atoms with Crippen molar-refractivity contribution in [2.24, 2.45) is 28.6 Å². The molecule has 6 nitrogen and oxygen atoms in total. The minimum atomic E-state index is -1.75. The zero-order chi connectivity index (χ0) is 24.4. The molecular formula is C26H31FO6. The Labute approximate surface area is 193 Å². The van der Waals surface area contributed by atoms with E-state index < -0.39 is 58.3 Å². The van der Waals surface area contributed by atoms with Gasteiger partial charge in [-0.05, 0) is 50.3 Å². The maximum Gasteiger partial charge on any atom is 0.303 e. The fraction of sp³-hybridized carbons (Fsp3) is 0.615. The lowest BCUT2D eigenvalue weighted by Gasteiger charge is -2.58. The Bertz CT molecular complexity index is 1030. The van der Waals surface area contributed by atoms with Gasteiger partial charge in [-0.15, -0.1) is 0 Å². The fourth-order valence-electron chi connectivity index (χ4n) is 7.19. The maximum absolute atomic E-state index is 17.0. The second-order valence-electron chi connectivity index (χ2n) is 10.4. The van der Waals surface area contributed by atoms with Gasteiger partial charge in [0.15, 0.2) is 18.0 Å². The molecule has 33 heavy (non-hydrogen) atoms. The van der Waals surface area contributed by atoms with Gasteiger partial charge in [-0.25, -0.2) is 4.39 Å². The highest BCUT2D eigenvalue weighted by Gasteiger charge is 2.73. The van der Waals surface area contributed by atoms with Crippen molar-refractivity contribution < 1.29 is 33.0 Å². The second kappa shape index (κ2) is 7.47. The average molecular weight is 459 g/mol. The number of carbonyl (C=O) groups excluding carboxylic acids is 4.